The Balaban J connectivity index is 1.22. The average Bonchev–Trinajstić information content (AvgIpc) is 3.71. The Morgan fingerprint density at radius 2 is 1.66 bits per heavy atom. The Kier molecular flexibility index (Phi) is 11.2. The van der Waals surface area contributed by atoms with Crippen LogP contribution in [0.4, 0.5) is 10.1 Å². The number of esters is 1. The Morgan fingerprint density at radius 1 is 1.05 bits per heavy atom. The van der Waals surface area contributed by atoms with Gasteiger partial charge in [-0.1, -0.05) is 39.0 Å². The topological polar surface area (TPSA) is 88.1 Å². The molecule has 0 saturated heterocycles. The fourth-order valence-electron chi connectivity index (χ4n) is 5.04. The van der Waals surface area contributed by atoms with E-state index in [1.165, 1.54) is 28.7 Å². The zero-order valence-electron chi connectivity index (χ0n) is 26.5. The first kappa shape index (κ1) is 34.5. The molecule has 0 spiro atoms. The average molecular weight is 661 g/mol. The van der Waals surface area contributed by atoms with Crippen molar-refractivity contribution in [3.8, 4) is 0 Å². The van der Waals surface area contributed by atoms with Crippen molar-refractivity contribution in [3.05, 3.63) is 74.4 Å². The van der Waals surface area contributed by atoms with Gasteiger partial charge in [0.1, 0.15) is 11.9 Å². The number of carbonyl (C=O) groups is 2. The minimum Gasteiger partial charge on any atom is -0.460 e. The lowest BCUT2D eigenvalue weighted by molar-refractivity contribution is -0.169. The van der Waals surface area contributed by atoms with Gasteiger partial charge in [-0.05, 0) is 91.5 Å². The fourth-order valence-corrected chi connectivity index (χ4v) is 7.71. The maximum Gasteiger partial charge on any atom is 0.349 e. The van der Waals surface area contributed by atoms with Crippen LogP contribution in [0.5, 0.6) is 0 Å². The monoisotopic (exact) mass is 660 g/mol. The molecule has 44 heavy (non-hydrogen) atoms. The molecule has 1 aromatic carbocycles. The van der Waals surface area contributed by atoms with E-state index in [2.05, 4.69) is 44.1 Å². The number of halogens is 1. The van der Waals surface area contributed by atoms with Crippen LogP contribution in [0.25, 0.3) is 0 Å². The smallest absolute Gasteiger partial charge is 0.349 e. The van der Waals surface area contributed by atoms with Crippen LogP contribution >= 0.6 is 22.7 Å². The molecule has 1 aliphatic rings. The van der Waals surface area contributed by atoms with Gasteiger partial charge in [0.25, 0.3) is 0 Å². The molecule has 7 nitrogen and oxygen atoms in total. The van der Waals surface area contributed by atoms with E-state index in [1.807, 2.05) is 29.9 Å². The van der Waals surface area contributed by atoms with Gasteiger partial charge in [0.15, 0.2) is 8.32 Å². The number of carbonyl (C=O) groups excluding carboxylic acids is 2. The first-order valence-corrected chi connectivity index (χ1v) is 19.8. The van der Waals surface area contributed by atoms with Crippen molar-refractivity contribution < 1.29 is 28.2 Å². The van der Waals surface area contributed by atoms with E-state index in [0.29, 0.717) is 35.7 Å². The second-order valence-electron chi connectivity index (χ2n) is 13.1. The molecule has 0 unspecified atom stereocenters. The summed E-state index contributed by atoms with van der Waals surface area (Å²) >= 11 is 2.65. The third-order valence-corrected chi connectivity index (χ3v) is 15.4. The highest BCUT2D eigenvalue weighted by molar-refractivity contribution is 7.12. The van der Waals surface area contributed by atoms with E-state index in [-0.39, 0.29) is 35.2 Å². The van der Waals surface area contributed by atoms with Gasteiger partial charge in [-0.2, -0.15) is 0 Å². The molecule has 4 rings (SSSR count). The van der Waals surface area contributed by atoms with Crippen LogP contribution in [-0.2, 0) is 31.0 Å². The predicted molar refractivity (Wildman–Crippen MR) is 178 cm³/mol. The van der Waals surface area contributed by atoms with Crippen LogP contribution < -0.4 is 5.32 Å². The van der Waals surface area contributed by atoms with Gasteiger partial charge in [-0.25, -0.2) is 9.18 Å². The summed E-state index contributed by atoms with van der Waals surface area (Å²) in [6.07, 6.45) is 2.91. The van der Waals surface area contributed by atoms with Gasteiger partial charge in [-0.3, -0.25) is 4.79 Å². The highest BCUT2D eigenvalue weighted by Crippen LogP contribution is 2.39. The number of thiophene rings is 2. The molecule has 0 radical (unpaired) electrons. The number of rotatable bonds is 12. The molecule has 0 atom stereocenters. The van der Waals surface area contributed by atoms with Gasteiger partial charge in [0, 0.05) is 19.0 Å². The molecule has 2 heterocycles. The summed E-state index contributed by atoms with van der Waals surface area (Å²) in [5, 5.41) is 17.9. The molecule has 1 saturated carbocycles. The van der Waals surface area contributed by atoms with E-state index in [0.717, 1.165) is 18.4 Å². The van der Waals surface area contributed by atoms with Gasteiger partial charge < -0.3 is 24.5 Å². The Morgan fingerprint density at radius 3 is 2.18 bits per heavy atom. The maximum atomic E-state index is 14.8. The van der Waals surface area contributed by atoms with Crippen LogP contribution in [0.3, 0.4) is 0 Å². The molecule has 1 fully saturated rings. The first-order chi connectivity index (χ1) is 20.7. The van der Waals surface area contributed by atoms with Crippen LogP contribution in [0.2, 0.25) is 18.1 Å². The van der Waals surface area contributed by atoms with Crippen LogP contribution in [0, 0.1) is 5.82 Å². The van der Waals surface area contributed by atoms with Gasteiger partial charge in [0.2, 0.25) is 11.5 Å². The van der Waals surface area contributed by atoms with Crippen molar-refractivity contribution >= 4 is 48.6 Å². The summed E-state index contributed by atoms with van der Waals surface area (Å²) in [5.41, 5.74) is -0.892. The maximum absolute atomic E-state index is 14.8. The van der Waals surface area contributed by atoms with Gasteiger partial charge in [0.05, 0.1) is 22.0 Å². The third-order valence-electron chi connectivity index (χ3n) is 9.00. The number of hydrogen-bond acceptors (Lipinski definition) is 8. The van der Waals surface area contributed by atoms with Gasteiger partial charge >= 0.3 is 5.97 Å². The van der Waals surface area contributed by atoms with Crippen molar-refractivity contribution in [1.82, 2.24) is 4.90 Å². The number of benzene rings is 1. The van der Waals surface area contributed by atoms with Crippen molar-refractivity contribution in [2.75, 3.05) is 18.9 Å². The summed E-state index contributed by atoms with van der Waals surface area (Å²) in [6.45, 7) is 11.7. The zero-order chi connectivity index (χ0) is 32.1. The normalized spacial score (nSPS) is 17.9. The van der Waals surface area contributed by atoms with Crippen LogP contribution in [0.15, 0.2) is 53.2 Å². The number of ether oxygens (including phenoxy) is 1. The molecular formula is C33H45FN2O5S2Si. The lowest BCUT2D eigenvalue weighted by atomic mass is 9.91. The highest BCUT2D eigenvalue weighted by atomic mass is 32.1. The molecule has 0 aliphatic heterocycles. The third kappa shape index (κ3) is 8.24. The molecule has 240 valence electrons. The van der Waals surface area contributed by atoms with Crippen LogP contribution in [-0.4, -0.2) is 55.9 Å². The molecule has 3 aromatic rings. The van der Waals surface area contributed by atoms with Crippen molar-refractivity contribution in [2.45, 2.75) is 95.4 Å². The molecule has 2 N–H and O–H groups in total. The lowest BCUT2D eigenvalue weighted by Gasteiger charge is -2.36. The highest BCUT2D eigenvalue weighted by Gasteiger charge is 2.45. The largest absolute Gasteiger partial charge is 0.460 e. The number of amides is 1. The fraction of sp³-hybridized carbons (Fsp3) is 0.515. The summed E-state index contributed by atoms with van der Waals surface area (Å²) in [4.78, 5) is 29.2. The van der Waals surface area contributed by atoms with Crippen molar-refractivity contribution in [3.63, 3.8) is 0 Å². The molecule has 0 bridgehead atoms. The second-order valence-corrected chi connectivity index (χ2v) is 19.8. The quantitative estimate of drug-likeness (QED) is 0.154. The SMILES string of the molecule is CN(CCC(=O)Nc1ccc(CO[Si](C)(C)C(C)(C)C)cc1F)[C@H]1CC[C@H](OC(=O)C(O)(c2cccs2)c2cccs2)CC1. The number of hydrogen-bond donors (Lipinski definition) is 2. The Bertz CT molecular complexity index is 1350. The Hall–Kier alpha value is -2.41. The Labute approximate surface area is 269 Å². The number of nitrogens with one attached hydrogen (secondary N) is 1. The minimum absolute atomic E-state index is 0.0696. The van der Waals surface area contributed by atoms with Crippen LogP contribution in [0.1, 0.15) is 68.2 Å². The molecular weight excluding hydrogens is 616 g/mol. The van der Waals surface area contributed by atoms with E-state index < -0.39 is 25.7 Å². The second kappa shape index (κ2) is 14.3. The standard InChI is InChI=1S/C33H45FN2O5S2Si/c1-32(2,3)44(5,6)40-22-23-11-16-27(26(34)21-23)35-30(37)17-18-36(4)24-12-14-25(15-13-24)41-31(38)33(39,28-9-7-19-42-28)29-10-8-20-43-29/h7-11,16,19-21,24-25,39H,12-15,17-18,22H2,1-6H3,(H,35,37)/t24-,25-. The summed E-state index contributed by atoms with van der Waals surface area (Å²) in [6, 6.07) is 12.2. The van der Waals surface area contributed by atoms with Crippen molar-refractivity contribution in [1.29, 1.82) is 0 Å². The molecule has 1 amide bonds. The molecule has 2 aromatic heterocycles. The summed E-state index contributed by atoms with van der Waals surface area (Å²) in [7, 11) is 0.0317. The predicted octanol–water partition coefficient (Wildman–Crippen LogP) is 7.52. The van der Waals surface area contributed by atoms with E-state index in [1.54, 1.807) is 24.3 Å². The molecule has 1 aliphatic carbocycles. The minimum atomic E-state index is -1.95. The van der Waals surface area contributed by atoms with Crippen molar-refractivity contribution in [2.24, 2.45) is 0 Å². The van der Waals surface area contributed by atoms with E-state index >= 15 is 0 Å². The first-order valence-electron chi connectivity index (χ1n) is 15.1. The summed E-state index contributed by atoms with van der Waals surface area (Å²) < 4.78 is 26.9. The lowest BCUT2D eigenvalue weighted by Crippen LogP contribution is -2.42. The van der Waals surface area contributed by atoms with E-state index in [9.17, 15) is 19.1 Å². The molecule has 11 heteroatoms. The summed E-state index contributed by atoms with van der Waals surface area (Å²) in [5.74, 6) is -1.36. The number of aliphatic hydroxyl groups is 1. The number of nitrogens with zero attached hydrogens (tertiary/aromatic N) is 1. The number of anilines is 1. The zero-order valence-corrected chi connectivity index (χ0v) is 29.2. The van der Waals surface area contributed by atoms with Gasteiger partial charge in [-0.15, -0.1) is 22.7 Å². The van der Waals surface area contributed by atoms with E-state index in [4.69, 9.17) is 9.16 Å².